The molecule has 5 heteroatoms. The zero-order valence-electron chi connectivity index (χ0n) is 10.1. The van der Waals surface area contributed by atoms with E-state index in [1.807, 2.05) is 7.05 Å². The maximum Gasteiger partial charge on any atom is 0.421 e. The molecule has 0 aliphatic heterocycles. The molecule has 2 aromatic heterocycles. The topological polar surface area (TPSA) is 60.1 Å². The van der Waals surface area contributed by atoms with Gasteiger partial charge in [0.2, 0.25) is 0 Å². The van der Waals surface area contributed by atoms with Crippen molar-refractivity contribution in [3.05, 3.63) is 28.9 Å². The van der Waals surface area contributed by atoms with Gasteiger partial charge in [0, 0.05) is 18.8 Å². The van der Waals surface area contributed by atoms with Crippen LogP contribution in [-0.2, 0) is 6.54 Å². The van der Waals surface area contributed by atoms with E-state index in [4.69, 9.17) is 4.42 Å². The highest BCUT2D eigenvalue weighted by atomic mass is 16.4. The Kier molecular flexibility index (Phi) is 3.58. The van der Waals surface area contributed by atoms with Crippen molar-refractivity contribution in [3.8, 4) is 0 Å². The summed E-state index contributed by atoms with van der Waals surface area (Å²) >= 11 is 0. The average molecular weight is 235 g/mol. The Morgan fingerprint density at radius 3 is 3.18 bits per heavy atom. The predicted octanol–water partition coefficient (Wildman–Crippen LogP) is 1.38. The first-order chi connectivity index (χ1) is 8.22. The number of nitrogens with one attached hydrogen (secondary N) is 1. The van der Waals surface area contributed by atoms with Crippen molar-refractivity contribution in [2.45, 2.75) is 32.4 Å². The Hall–Kier alpha value is -1.62. The first kappa shape index (κ1) is 11.9. The molecule has 0 amide bonds. The molecule has 1 unspecified atom stereocenters. The van der Waals surface area contributed by atoms with Gasteiger partial charge in [-0.25, -0.2) is 9.78 Å². The van der Waals surface area contributed by atoms with E-state index >= 15 is 0 Å². The number of nitrogens with zero attached hydrogens (tertiary/aromatic N) is 2. The van der Waals surface area contributed by atoms with E-state index in [9.17, 15) is 4.79 Å². The van der Waals surface area contributed by atoms with E-state index in [0.717, 1.165) is 12.8 Å². The van der Waals surface area contributed by atoms with Gasteiger partial charge in [-0.15, -0.1) is 0 Å². The van der Waals surface area contributed by atoms with Gasteiger partial charge in [0.05, 0.1) is 0 Å². The Balaban J connectivity index is 2.13. The first-order valence-electron chi connectivity index (χ1n) is 5.84. The Morgan fingerprint density at radius 2 is 2.41 bits per heavy atom. The summed E-state index contributed by atoms with van der Waals surface area (Å²) in [5, 5.41) is 3.17. The number of oxazole rings is 1. The number of aryl methyl sites for hydroxylation is 1. The molecule has 5 nitrogen and oxygen atoms in total. The summed E-state index contributed by atoms with van der Waals surface area (Å²) < 4.78 is 6.71. The number of rotatable bonds is 5. The second kappa shape index (κ2) is 5.14. The van der Waals surface area contributed by atoms with Crippen LogP contribution in [0.1, 0.15) is 19.8 Å². The van der Waals surface area contributed by atoms with E-state index in [2.05, 4.69) is 17.2 Å². The molecule has 0 aromatic carbocycles. The van der Waals surface area contributed by atoms with Gasteiger partial charge in [-0.3, -0.25) is 4.57 Å². The third kappa shape index (κ3) is 2.55. The fraction of sp³-hybridized carbons (Fsp3) is 0.500. The zero-order chi connectivity index (χ0) is 12.3. The lowest BCUT2D eigenvalue weighted by Crippen LogP contribution is -2.22. The molecular formula is C12H17N3O2. The van der Waals surface area contributed by atoms with Crippen LogP contribution in [-0.4, -0.2) is 22.6 Å². The fourth-order valence-corrected chi connectivity index (χ4v) is 1.80. The third-order valence-electron chi connectivity index (χ3n) is 2.94. The molecule has 17 heavy (non-hydrogen) atoms. The minimum Gasteiger partial charge on any atom is -0.406 e. The predicted molar refractivity (Wildman–Crippen MR) is 66.0 cm³/mol. The monoisotopic (exact) mass is 235 g/mol. The molecule has 0 bridgehead atoms. The molecule has 1 atom stereocenters. The maximum atomic E-state index is 11.6. The zero-order valence-corrected chi connectivity index (χ0v) is 10.1. The van der Waals surface area contributed by atoms with Crippen LogP contribution < -0.4 is 11.1 Å². The van der Waals surface area contributed by atoms with Crippen molar-refractivity contribution in [2.24, 2.45) is 0 Å². The molecule has 2 heterocycles. The normalized spacial score (nSPS) is 13.1. The lowest BCUT2D eigenvalue weighted by molar-refractivity contribution is 0.468. The summed E-state index contributed by atoms with van der Waals surface area (Å²) in [6.07, 6.45) is 3.61. The Labute approximate surface area is 99.5 Å². The summed E-state index contributed by atoms with van der Waals surface area (Å²) in [5.74, 6) is -0.323. The Morgan fingerprint density at radius 1 is 1.59 bits per heavy atom. The summed E-state index contributed by atoms with van der Waals surface area (Å²) in [5.41, 5.74) is 1.19. The van der Waals surface area contributed by atoms with Crippen molar-refractivity contribution in [1.29, 1.82) is 0 Å². The van der Waals surface area contributed by atoms with E-state index in [0.29, 0.717) is 23.8 Å². The molecule has 0 spiro atoms. The van der Waals surface area contributed by atoms with E-state index < -0.39 is 0 Å². The molecule has 0 aliphatic carbocycles. The number of aromatic nitrogens is 2. The smallest absolute Gasteiger partial charge is 0.406 e. The van der Waals surface area contributed by atoms with E-state index in [1.54, 1.807) is 22.9 Å². The quantitative estimate of drug-likeness (QED) is 0.850. The lowest BCUT2D eigenvalue weighted by atomic mass is 10.2. The molecule has 0 saturated heterocycles. The molecule has 2 rings (SSSR count). The van der Waals surface area contributed by atoms with Gasteiger partial charge in [-0.05, 0) is 38.9 Å². The average Bonchev–Trinajstić information content (AvgIpc) is 2.66. The van der Waals surface area contributed by atoms with Crippen LogP contribution in [0.2, 0.25) is 0 Å². The van der Waals surface area contributed by atoms with E-state index in [-0.39, 0.29) is 5.76 Å². The highest BCUT2D eigenvalue weighted by Crippen LogP contribution is 2.09. The van der Waals surface area contributed by atoms with Crippen LogP contribution in [0.25, 0.3) is 11.2 Å². The highest BCUT2D eigenvalue weighted by molar-refractivity contribution is 5.67. The maximum absolute atomic E-state index is 11.6. The number of fused-ring (bicyclic) bond motifs is 1. The summed E-state index contributed by atoms with van der Waals surface area (Å²) in [4.78, 5) is 15.8. The SMILES string of the molecule is CNC(C)CCCn1c(=O)oc2cccnc21. The van der Waals surface area contributed by atoms with E-state index in [1.165, 1.54) is 0 Å². The first-order valence-corrected chi connectivity index (χ1v) is 5.84. The van der Waals surface area contributed by atoms with Crippen molar-refractivity contribution < 1.29 is 4.42 Å². The summed E-state index contributed by atoms with van der Waals surface area (Å²) in [6, 6.07) is 3.98. The molecule has 1 N–H and O–H groups in total. The van der Waals surface area contributed by atoms with Gasteiger partial charge in [0.25, 0.3) is 0 Å². The summed E-state index contributed by atoms with van der Waals surface area (Å²) in [6.45, 7) is 2.77. The van der Waals surface area contributed by atoms with Crippen molar-refractivity contribution >= 4 is 11.2 Å². The van der Waals surface area contributed by atoms with Gasteiger partial charge >= 0.3 is 5.76 Å². The van der Waals surface area contributed by atoms with Crippen LogP contribution in [0.5, 0.6) is 0 Å². The van der Waals surface area contributed by atoms with Crippen molar-refractivity contribution in [3.63, 3.8) is 0 Å². The molecule has 0 fully saturated rings. The molecule has 0 radical (unpaired) electrons. The minimum atomic E-state index is -0.323. The number of hydrogen-bond acceptors (Lipinski definition) is 4. The number of hydrogen-bond donors (Lipinski definition) is 1. The largest absolute Gasteiger partial charge is 0.421 e. The van der Waals surface area contributed by atoms with Crippen LogP contribution >= 0.6 is 0 Å². The highest BCUT2D eigenvalue weighted by Gasteiger charge is 2.09. The van der Waals surface area contributed by atoms with Gasteiger partial charge < -0.3 is 9.73 Å². The standard InChI is InChI=1S/C12H17N3O2/c1-9(13-2)5-4-8-15-11-10(17-12(15)16)6-3-7-14-11/h3,6-7,9,13H,4-5,8H2,1-2H3. The van der Waals surface area contributed by atoms with Gasteiger partial charge in [-0.2, -0.15) is 0 Å². The van der Waals surface area contributed by atoms with Crippen LogP contribution in [0, 0.1) is 0 Å². The van der Waals surface area contributed by atoms with Gasteiger partial charge in [0.1, 0.15) is 0 Å². The molecule has 92 valence electrons. The second-order valence-corrected chi connectivity index (χ2v) is 4.18. The van der Waals surface area contributed by atoms with Crippen LogP contribution in [0.3, 0.4) is 0 Å². The fourth-order valence-electron chi connectivity index (χ4n) is 1.80. The summed E-state index contributed by atoms with van der Waals surface area (Å²) in [7, 11) is 1.94. The Bertz CT molecular complexity index is 544. The molecular weight excluding hydrogens is 218 g/mol. The van der Waals surface area contributed by atoms with Crippen molar-refractivity contribution in [1.82, 2.24) is 14.9 Å². The second-order valence-electron chi connectivity index (χ2n) is 4.18. The van der Waals surface area contributed by atoms with Crippen molar-refractivity contribution in [2.75, 3.05) is 7.05 Å². The van der Waals surface area contributed by atoms with Gasteiger partial charge in [-0.1, -0.05) is 0 Å². The van der Waals surface area contributed by atoms with Crippen LogP contribution in [0.15, 0.2) is 27.5 Å². The number of pyridine rings is 1. The molecule has 0 aliphatic rings. The third-order valence-corrected chi connectivity index (χ3v) is 2.94. The minimum absolute atomic E-state index is 0.323. The lowest BCUT2D eigenvalue weighted by Gasteiger charge is -2.09. The molecule has 2 aromatic rings. The van der Waals surface area contributed by atoms with Crippen LogP contribution in [0.4, 0.5) is 0 Å². The van der Waals surface area contributed by atoms with Gasteiger partial charge in [0.15, 0.2) is 11.2 Å². The molecule has 0 saturated carbocycles.